The van der Waals surface area contributed by atoms with E-state index in [9.17, 15) is 0 Å². The highest BCUT2D eigenvalue weighted by Crippen LogP contribution is 1.96. The maximum absolute atomic E-state index is 7.32. The van der Waals surface area contributed by atoms with Gasteiger partial charge in [0.2, 0.25) is 0 Å². The molecule has 1 nitrogen and oxygen atoms in total. The molecule has 0 aromatic rings. The number of nitrogens with one attached hydrogen (secondary N) is 1. The van der Waals surface area contributed by atoms with Gasteiger partial charge in [0.25, 0.3) is 0 Å². The summed E-state index contributed by atoms with van der Waals surface area (Å²) in [6, 6.07) is 0. The van der Waals surface area contributed by atoms with Crippen molar-refractivity contribution in [3.63, 3.8) is 0 Å². The van der Waals surface area contributed by atoms with E-state index in [1.807, 2.05) is 0 Å². The van der Waals surface area contributed by atoms with Crippen LogP contribution in [0.3, 0.4) is 0 Å². The van der Waals surface area contributed by atoms with Gasteiger partial charge in [0.05, 0.1) is 0 Å². The lowest BCUT2D eigenvalue weighted by molar-refractivity contribution is 0.520. The Hall–Kier alpha value is -0.0400. The van der Waals surface area contributed by atoms with Gasteiger partial charge in [-0.3, -0.25) is 0 Å². The van der Waals surface area contributed by atoms with Crippen LogP contribution in [0.25, 0.3) is 0 Å². The summed E-state index contributed by atoms with van der Waals surface area (Å²) in [5, 5.41) is 2.29. The van der Waals surface area contributed by atoms with Gasteiger partial charge >= 0.3 is 0 Å². The van der Waals surface area contributed by atoms with E-state index in [0.717, 1.165) is 0 Å². The molecule has 0 saturated carbocycles. The van der Waals surface area contributed by atoms with Crippen LogP contribution in [0.2, 0.25) is 0 Å². The molecule has 1 N–H and O–H groups in total. The van der Waals surface area contributed by atoms with Crippen LogP contribution >= 0.6 is 0 Å². The minimum absolute atomic E-state index is 0.340. The molecule has 1 unspecified atom stereocenters. The van der Waals surface area contributed by atoms with Crippen molar-refractivity contribution in [2.45, 2.75) is 19.1 Å². The minimum Gasteiger partial charge on any atom is -0.317 e. The first kappa shape index (κ1) is 0.873. The molecule has 1 atom stereocenters. The van der Waals surface area contributed by atoms with Crippen LogP contribution in [0.4, 0.5) is 0 Å². The SMILES string of the molecule is [2H]C1NCC([2H])([2H])C([2H])([2H])C1([2H])[2H]. The third-order valence-corrected chi connectivity index (χ3v) is 0.525. The van der Waals surface area contributed by atoms with Gasteiger partial charge in [-0.2, -0.15) is 0 Å². The summed E-state index contributed by atoms with van der Waals surface area (Å²) in [6.45, 7) is -1.76. The fourth-order valence-corrected chi connectivity index (χ4v) is 0.284. The molecule has 6 heavy (non-hydrogen) atoms. The molecular formula is C5H11N. The van der Waals surface area contributed by atoms with Crippen LogP contribution in [-0.2, 0) is 0 Å². The zero-order valence-corrected chi connectivity index (χ0v) is 3.28. The summed E-state index contributed by atoms with van der Waals surface area (Å²) in [6.07, 6.45) is -7.44. The molecule has 36 valence electrons. The zero-order chi connectivity index (χ0) is 10.5. The molecule has 1 rings (SSSR count). The quantitative estimate of drug-likeness (QED) is 0.465. The van der Waals surface area contributed by atoms with E-state index in [2.05, 4.69) is 5.32 Å². The second-order valence-electron chi connectivity index (χ2n) is 0.971. The molecule has 0 aliphatic carbocycles. The predicted octanol–water partition coefficient (Wildman–Crippen LogP) is 0.760. The second-order valence-corrected chi connectivity index (χ2v) is 0.971. The van der Waals surface area contributed by atoms with E-state index in [1.54, 1.807) is 0 Å². The Morgan fingerprint density at radius 3 is 3.17 bits per heavy atom. The lowest BCUT2D eigenvalue weighted by atomic mass is 10.2. The van der Waals surface area contributed by atoms with Crippen molar-refractivity contribution in [2.24, 2.45) is 0 Å². The lowest BCUT2D eigenvalue weighted by Gasteiger charge is -2.08. The van der Waals surface area contributed by atoms with Crippen molar-refractivity contribution in [2.75, 3.05) is 13.1 Å². The third kappa shape index (κ3) is 0.977. The summed E-state index contributed by atoms with van der Waals surface area (Å²) < 4.78 is 51.0. The zero-order valence-electron chi connectivity index (χ0n) is 10.3. The second kappa shape index (κ2) is 2.19. The van der Waals surface area contributed by atoms with Gasteiger partial charge in [0.1, 0.15) is 0 Å². The number of hydrogen-bond acceptors (Lipinski definition) is 1. The number of rotatable bonds is 0. The Morgan fingerprint density at radius 2 is 2.33 bits per heavy atom. The van der Waals surface area contributed by atoms with Crippen LogP contribution in [0.5, 0.6) is 0 Å². The van der Waals surface area contributed by atoms with Crippen molar-refractivity contribution in [3.8, 4) is 0 Å². The molecular weight excluding hydrogens is 74.1 g/mol. The van der Waals surface area contributed by atoms with Crippen LogP contribution in [-0.4, -0.2) is 13.1 Å². The van der Waals surface area contributed by atoms with Gasteiger partial charge in [-0.1, -0.05) is 6.37 Å². The molecule has 0 radical (unpaired) electrons. The maximum Gasteiger partial charge on any atom is 0.0428 e. The Morgan fingerprint density at radius 1 is 1.33 bits per heavy atom. The molecule has 1 saturated heterocycles. The predicted molar refractivity (Wildman–Crippen MR) is 26.7 cm³/mol. The molecule has 1 aliphatic heterocycles. The molecule has 0 aromatic heterocycles. The summed E-state index contributed by atoms with van der Waals surface area (Å²) in [5.74, 6) is 0. The average molecular weight is 92.2 g/mol. The Kier molecular flexibility index (Phi) is 0.319. The summed E-state index contributed by atoms with van der Waals surface area (Å²) in [5.41, 5.74) is 0. The normalized spacial score (nSPS) is 78.7. The molecule has 1 heteroatoms. The average Bonchev–Trinajstić information content (AvgIpc) is 1.97. The highest BCUT2D eigenvalue weighted by molar-refractivity contribution is 4.55. The van der Waals surface area contributed by atoms with Crippen molar-refractivity contribution in [1.82, 2.24) is 5.32 Å². The monoisotopic (exact) mass is 92.1 g/mol. The molecule has 0 spiro atoms. The van der Waals surface area contributed by atoms with Gasteiger partial charge in [-0.25, -0.2) is 0 Å². The first-order valence-electron chi connectivity index (χ1n) is 5.36. The van der Waals surface area contributed by atoms with Gasteiger partial charge < -0.3 is 5.32 Å². The van der Waals surface area contributed by atoms with Gasteiger partial charge in [-0.05, 0) is 25.8 Å². The summed E-state index contributed by atoms with van der Waals surface area (Å²) >= 11 is 0. The smallest absolute Gasteiger partial charge is 0.0428 e. The van der Waals surface area contributed by atoms with E-state index < -0.39 is 25.6 Å². The van der Waals surface area contributed by atoms with E-state index in [1.165, 1.54) is 0 Å². The Balaban J connectivity index is 3.07. The third-order valence-electron chi connectivity index (χ3n) is 0.525. The van der Waals surface area contributed by atoms with Gasteiger partial charge in [0, 0.05) is 9.60 Å². The van der Waals surface area contributed by atoms with Crippen molar-refractivity contribution >= 4 is 0 Å². The Labute approximate surface area is 48.6 Å². The highest BCUT2D eigenvalue weighted by Gasteiger charge is 1.93. The van der Waals surface area contributed by atoms with E-state index >= 15 is 0 Å². The van der Waals surface area contributed by atoms with E-state index in [4.69, 9.17) is 9.60 Å². The molecule has 0 amide bonds. The Bertz CT molecular complexity index is 213. The molecule has 0 aromatic carbocycles. The molecule has 1 fully saturated rings. The molecule has 1 heterocycles. The molecule has 1 aliphatic rings. The van der Waals surface area contributed by atoms with Crippen molar-refractivity contribution in [3.05, 3.63) is 0 Å². The van der Waals surface area contributed by atoms with Crippen molar-refractivity contribution in [1.29, 1.82) is 0 Å². The van der Waals surface area contributed by atoms with Crippen LogP contribution in [0.15, 0.2) is 0 Å². The summed E-state index contributed by atoms with van der Waals surface area (Å²) in [4.78, 5) is 0. The largest absolute Gasteiger partial charge is 0.317 e. The fourth-order valence-electron chi connectivity index (χ4n) is 0.284. The van der Waals surface area contributed by atoms with Gasteiger partial charge in [0.15, 0.2) is 0 Å². The van der Waals surface area contributed by atoms with Gasteiger partial charge in [-0.15, -0.1) is 0 Å². The van der Waals surface area contributed by atoms with E-state index in [-0.39, 0.29) is 6.54 Å². The van der Waals surface area contributed by atoms with Crippen LogP contribution < -0.4 is 5.32 Å². The number of hydrogen-bond donors (Lipinski definition) is 1. The first-order chi connectivity index (χ1) is 5.63. The standard InChI is InChI=1S/C5H11N/c1-2-4-6-5-3-1/h6H,1-5H2/i1D2,2D2,3D2,4D. The fraction of sp³-hybridized carbons (Fsp3) is 1.00. The van der Waals surface area contributed by atoms with E-state index in [0.29, 0.717) is 0 Å². The number of piperidine rings is 1. The topological polar surface area (TPSA) is 12.0 Å². The maximum atomic E-state index is 7.32. The van der Waals surface area contributed by atoms with Crippen molar-refractivity contribution < 1.29 is 9.60 Å². The summed E-state index contributed by atoms with van der Waals surface area (Å²) in [7, 11) is 0. The molecule has 0 bridgehead atoms. The first-order valence-corrected chi connectivity index (χ1v) is 1.78. The highest BCUT2D eigenvalue weighted by atomic mass is 14.9. The van der Waals surface area contributed by atoms with Crippen LogP contribution in [0, 0.1) is 0 Å². The minimum atomic E-state index is -2.64. The lowest BCUT2D eigenvalue weighted by Crippen LogP contribution is -2.21. The van der Waals surface area contributed by atoms with Crippen LogP contribution in [0.1, 0.15) is 28.7 Å².